The molecule has 1 N–H and O–H groups in total. The zero-order chi connectivity index (χ0) is 26.0. The minimum absolute atomic E-state index is 0.0826. The maximum Gasteiger partial charge on any atom is 0.250 e. The molecule has 4 aromatic rings. The number of methoxy groups -OCH3 is 2. The van der Waals surface area contributed by atoms with Gasteiger partial charge in [0.1, 0.15) is 17.2 Å². The first-order valence-corrected chi connectivity index (χ1v) is 12.4. The van der Waals surface area contributed by atoms with Gasteiger partial charge in [0.2, 0.25) is 0 Å². The molecule has 4 rings (SSSR count). The standard InChI is InChI=1S/C26H26N6O4S/c1-4-36-21-11-8-20(9-12-21)32-25(19-6-5-13-27-15-19)30-31-26(32)37-17-24(33)29-28-16-18-7-10-22(34-2)14-23(18)35-3/h5-16H,4,17H2,1-3H3,(H,29,33). The highest BCUT2D eigenvalue weighted by molar-refractivity contribution is 7.99. The van der Waals surface area contributed by atoms with Gasteiger partial charge in [0.15, 0.2) is 11.0 Å². The van der Waals surface area contributed by atoms with E-state index in [2.05, 4.69) is 25.7 Å². The molecule has 2 aromatic heterocycles. The van der Waals surface area contributed by atoms with Gasteiger partial charge in [-0.25, -0.2) is 5.43 Å². The van der Waals surface area contributed by atoms with E-state index in [4.69, 9.17) is 14.2 Å². The van der Waals surface area contributed by atoms with Crippen molar-refractivity contribution in [1.29, 1.82) is 0 Å². The quantitative estimate of drug-likeness (QED) is 0.180. The molecule has 0 saturated carbocycles. The van der Waals surface area contributed by atoms with Crippen molar-refractivity contribution in [2.24, 2.45) is 5.10 Å². The summed E-state index contributed by atoms with van der Waals surface area (Å²) in [4.78, 5) is 16.7. The average Bonchev–Trinajstić information content (AvgIpc) is 3.37. The van der Waals surface area contributed by atoms with Gasteiger partial charge in [0.05, 0.1) is 32.8 Å². The first-order valence-electron chi connectivity index (χ1n) is 11.4. The van der Waals surface area contributed by atoms with Crippen LogP contribution in [0.4, 0.5) is 0 Å². The molecule has 0 spiro atoms. The van der Waals surface area contributed by atoms with Gasteiger partial charge in [-0.3, -0.25) is 14.3 Å². The van der Waals surface area contributed by atoms with Crippen molar-refractivity contribution in [2.75, 3.05) is 26.6 Å². The second kappa shape index (κ2) is 12.5. The van der Waals surface area contributed by atoms with E-state index in [1.807, 2.05) is 47.9 Å². The van der Waals surface area contributed by atoms with Gasteiger partial charge in [-0.2, -0.15) is 5.10 Å². The number of rotatable bonds is 11. The second-order valence-electron chi connectivity index (χ2n) is 7.50. The molecule has 0 aliphatic rings. The SMILES string of the molecule is CCOc1ccc(-n2c(SCC(=O)NN=Cc3ccc(OC)cc3OC)nnc2-c2cccnc2)cc1. The molecule has 2 heterocycles. The highest BCUT2D eigenvalue weighted by Gasteiger charge is 2.17. The molecule has 190 valence electrons. The Balaban J connectivity index is 1.49. The minimum atomic E-state index is -0.294. The molecule has 11 heteroatoms. The Bertz CT molecular complexity index is 1360. The van der Waals surface area contributed by atoms with Crippen LogP contribution in [-0.2, 0) is 4.79 Å². The number of hydrogen-bond donors (Lipinski definition) is 1. The lowest BCUT2D eigenvalue weighted by atomic mass is 10.2. The van der Waals surface area contributed by atoms with Gasteiger partial charge in [0.25, 0.3) is 5.91 Å². The second-order valence-corrected chi connectivity index (χ2v) is 8.44. The number of benzene rings is 2. The summed E-state index contributed by atoms with van der Waals surface area (Å²) in [6, 6.07) is 16.7. The number of nitrogens with one attached hydrogen (secondary N) is 1. The summed E-state index contributed by atoms with van der Waals surface area (Å²) in [7, 11) is 3.14. The fourth-order valence-corrected chi connectivity index (χ4v) is 4.14. The van der Waals surface area contributed by atoms with Gasteiger partial charge >= 0.3 is 0 Å². The van der Waals surface area contributed by atoms with Crippen LogP contribution < -0.4 is 19.6 Å². The third-order valence-corrected chi connectivity index (χ3v) is 6.05. The molecule has 37 heavy (non-hydrogen) atoms. The maximum atomic E-state index is 12.5. The summed E-state index contributed by atoms with van der Waals surface area (Å²) < 4.78 is 18.0. The van der Waals surface area contributed by atoms with Crippen molar-refractivity contribution in [2.45, 2.75) is 12.1 Å². The van der Waals surface area contributed by atoms with Gasteiger partial charge in [-0.05, 0) is 55.5 Å². The average molecular weight is 519 g/mol. The zero-order valence-corrected chi connectivity index (χ0v) is 21.4. The maximum absolute atomic E-state index is 12.5. The molecule has 0 aliphatic carbocycles. The molecule has 0 saturated heterocycles. The molecule has 0 fully saturated rings. The van der Waals surface area contributed by atoms with Crippen molar-refractivity contribution in [3.8, 4) is 34.3 Å². The Labute approximate surface area is 218 Å². The van der Waals surface area contributed by atoms with Crippen LogP contribution >= 0.6 is 11.8 Å². The number of aromatic nitrogens is 4. The normalized spacial score (nSPS) is 10.9. The topological polar surface area (TPSA) is 113 Å². The van der Waals surface area contributed by atoms with E-state index < -0.39 is 0 Å². The summed E-state index contributed by atoms with van der Waals surface area (Å²) in [6.07, 6.45) is 4.94. The molecule has 0 bridgehead atoms. The molecular weight excluding hydrogens is 492 g/mol. The molecule has 0 unspecified atom stereocenters. The number of carbonyl (C=O) groups excluding carboxylic acids is 1. The number of amides is 1. The summed E-state index contributed by atoms with van der Waals surface area (Å²) in [5.41, 5.74) is 4.88. The molecule has 0 atom stereocenters. The number of thioether (sulfide) groups is 1. The summed E-state index contributed by atoms with van der Waals surface area (Å²) in [6.45, 7) is 2.52. The third-order valence-electron chi connectivity index (χ3n) is 5.12. The Morgan fingerprint density at radius 1 is 1.08 bits per heavy atom. The molecule has 10 nitrogen and oxygen atoms in total. The van der Waals surface area contributed by atoms with Gasteiger partial charge in [-0.1, -0.05) is 11.8 Å². The molecule has 1 amide bonds. The van der Waals surface area contributed by atoms with Crippen LogP contribution in [0.15, 0.2) is 77.2 Å². The van der Waals surface area contributed by atoms with Crippen LogP contribution in [0.25, 0.3) is 17.1 Å². The van der Waals surface area contributed by atoms with Crippen molar-refractivity contribution in [1.82, 2.24) is 25.2 Å². The van der Waals surface area contributed by atoms with E-state index in [1.165, 1.54) is 18.0 Å². The number of hydrogen-bond acceptors (Lipinski definition) is 9. The van der Waals surface area contributed by atoms with E-state index >= 15 is 0 Å². The molecular formula is C26H26N6O4S. The number of pyridine rings is 1. The minimum Gasteiger partial charge on any atom is -0.497 e. The number of ether oxygens (including phenoxy) is 3. The van der Waals surface area contributed by atoms with Crippen molar-refractivity contribution < 1.29 is 19.0 Å². The number of hydrazone groups is 1. The Morgan fingerprint density at radius 2 is 1.89 bits per heavy atom. The van der Waals surface area contributed by atoms with Crippen molar-refractivity contribution in [3.63, 3.8) is 0 Å². The van der Waals surface area contributed by atoms with Crippen LogP contribution in [0.5, 0.6) is 17.2 Å². The van der Waals surface area contributed by atoms with E-state index in [-0.39, 0.29) is 11.7 Å². The van der Waals surface area contributed by atoms with Crippen molar-refractivity contribution >= 4 is 23.9 Å². The summed E-state index contributed by atoms with van der Waals surface area (Å²) in [5.74, 6) is 2.42. The predicted octanol–water partition coefficient (Wildman–Crippen LogP) is 3.99. The van der Waals surface area contributed by atoms with E-state index in [0.717, 1.165) is 17.0 Å². The van der Waals surface area contributed by atoms with E-state index in [0.29, 0.717) is 34.7 Å². The van der Waals surface area contributed by atoms with Crippen LogP contribution in [0.1, 0.15) is 12.5 Å². The summed E-state index contributed by atoms with van der Waals surface area (Å²) in [5, 5.41) is 13.3. The lowest BCUT2D eigenvalue weighted by Crippen LogP contribution is -2.20. The van der Waals surface area contributed by atoms with Crippen LogP contribution in [-0.4, -0.2) is 58.4 Å². The number of nitrogens with zero attached hydrogens (tertiary/aromatic N) is 5. The Morgan fingerprint density at radius 3 is 2.59 bits per heavy atom. The molecule has 2 aromatic carbocycles. The monoisotopic (exact) mass is 518 g/mol. The van der Waals surface area contributed by atoms with E-state index in [1.54, 1.807) is 44.8 Å². The fourth-order valence-electron chi connectivity index (χ4n) is 3.40. The molecule has 0 aliphatic heterocycles. The lowest BCUT2D eigenvalue weighted by Gasteiger charge is -2.11. The number of carbonyl (C=O) groups is 1. The van der Waals surface area contributed by atoms with Crippen molar-refractivity contribution in [3.05, 3.63) is 72.6 Å². The largest absolute Gasteiger partial charge is 0.497 e. The highest BCUT2D eigenvalue weighted by Crippen LogP contribution is 2.28. The van der Waals surface area contributed by atoms with Gasteiger partial charge in [0, 0.05) is 35.3 Å². The van der Waals surface area contributed by atoms with Gasteiger partial charge in [-0.15, -0.1) is 10.2 Å². The first kappa shape index (κ1) is 25.7. The third kappa shape index (κ3) is 6.44. The molecule has 0 radical (unpaired) electrons. The Kier molecular flexibility index (Phi) is 8.71. The van der Waals surface area contributed by atoms with E-state index in [9.17, 15) is 4.79 Å². The lowest BCUT2D eigenvalue weighted by molar-refractivity contribution is -0.118. The predicted molar refractivity (Wildman–Crippen MR) is 142 cm³/mol. The van der Waals surface area contributed by atoms with Crippen LogP contribution in [0.2, 0.25) is 0 Å². The van der Waals surface area contributed by atoms with Crippen LogP contribution in [0.3, 0.4) is 0 Å². The smallest absolute Gasteiger partial charge is 0.250 e. The van der Waals surface area contributed by atoms with Crippen LogP contribution in [0, 0.1) is 0 Å². The van der Waals surface area contributed by atoms with Gasteiger partial charge < -0.3 is 14.2 Å². The summed E-state index contributed by atoms with van der Waals surface area (Å²) >= 11 is 1.25. The Hall–Kier alpha value is -4.38. The fraction of sp³-hybridized carbons (Fsp3) is 0.192. The zero-order valence-electron chi connectivity index (χ0n) is 20.6. The first-order chi connectivity index (χ1) is 18.1. The highest BCUT2D eigenvalue weighted by atomic mass is 32.2.